The Balaban J connectivity index is 2.67. The van der Waals surface area contributed by atoms with Gasteiger partial charge in [0.15, 0.2) is 0 Å². The number of nitrogens with one attached hydrogen (secondary N) is 1. The normalized spacial score (nSPS) is 12.2. The van der Waals surface area contributed by atoms with E-state index in [4.69, 9.17) is 5.11 Å². The zero-order valence-electron chi connectivity index (χ0n) is 8.75. The van der Waals surface area contributed by atoms with E-state index in [-0.39, 0.29) is 18.3 Å². The third kappa shape index (κ3) is 3.97. The highest BCUT2D eigenvalue weighted by atomic mass is 19.1. The summed E-state index contributed by atoms with van der Waals surface area (Å²) in [4.78, 5) is 10.4. The van der Waals surface area contributed by atoms with Crippen molar-refractivity contribution >= 4 is 11.7 Å². The highest BCUT2D eigenvalue weighted by molar-refractivity contribution is 5.68. The summed E-state index contributed by atoms with van der Waals surface area (Å²) in [6, 6.07) is 4.34. The van der Waals surface area contributed by atoms with Crippen LogP contribution in [-0.4, -0.2) is 17.1 Å². The first-order valence-corrected chi connectivity index (χ1v) is 4.73. The number of aryl methyl sites for hydroxylation is 1. The van der Waals surface area contributed by atoms with Gasteiger partial charge in [0, 0.05) is 11.7 Å². The Bertz CT molecular complexity index is 345. The second-order valence-corrected chi connectivity index (χ2v) is 3.66. The van der Waals surface area contributed by atoms with Gasteiger partial charge in [-0.05, 0) is 37.6 Å². The average Bonchev–Trinajstić information content (AvgIpc) is 1.98. The molecule has 0 amide bonds. The van der Waals surface area contributed by atoms with E-state index < -0.39 is 5.97 Å². The van der Waals surface area contributed by atoms with Crippen LogP contribution in [-0.2, 0) is 4.79 Å². The topological polar surface area (TPSA) is 49.3 Å². The molecule has 0 aromatic heterocycles. The summed E-state index contributed by atoms with van der Waals surface area (Å²) in [6.07, 6.45) is 0.00949. The largest absolute Gasteiger partial charge is 0.481 e. The molecular formula is C11H14FNO2. The van der Waals surface area contributed by atoms with Gasteiger partial charge in [0.25, 0.3) is 0 Å². The van der Waals surface area contributed by atoms with E-state index in [2.05, 4.69) is 5.32 Å². The molecule has 3 nitrogen and oxygen atoms in total. The molecule has 0 aliphatic carbocycles. The molecule has 1 atom stereocenters. The van der Waals surface area contributed by atoms with Crippen molar-refractivity contribution in [3.8, 4) is 0 Å². The van der Waals surface area contributed by atoms with E-state index in [1.54, 1.807) is 19.9 Å². The molecule has 1 rings (SSSR count). The highest BCUT2D eigenvalue weighted by Gasteiger charge is 2.07. The average molecular weight is 211 g/mol. The summed E-state index contributed by atoms with van der Waals surface area (Å²) in [7, 11) is 0. The second kappa shape index (κ2) is 4.77. The Labute approximate surface area is 87.9 Å². The minimum Gasteiger partial charge on any atom is -0.481 e. The van der Waals surface area contributed by atoms with Crippen molar-refractivity contribution in [3.05, 3.63) is 29.6 Å². The van der Waals surface area contributed by atoms with Crippen molar-refractivity contribution < 1.29 is 14.3 Å². The van der Waals surface area contributed by atoms with Crippen molar-refractivity contribution in [3.63, 3.8) is 0 Å². The van der Waals surface area contributed by atoms with E-state index in [1.165, 1.54) is 12.1 Å². The van der Waals surface area contributed by atoms with E-state index in [0.717, 1.165) is 5.56 Å². The number of rotatable bonds is 4. The molecule has 0 aliphatic heterocycles. The molecule has 0 saturated heterocycles. The standard InChI is InChI=1S/C11H14FNO2/c1-7-3-9(12)6-10(4-7)13-8(2)5-11(14)15/h3-4,6,8,13H,5H2,1-2H3,(H,14,15). The molecule has 1 aromatic rings. The zero-order valence-corrected chi connectivity index (χ0v) is 8.75. The van der Waals surface area contributed by atoms with Crippen LogP contribution in [0.15, 0.2) is 18.2 Å². The SMILES string of the molecule is Cc1cc(F)cc(NC(C)CC(=O)O)c1. The molecule has 0 spiro atoms. The lowest BCUT2D eigenvalue weighted by molar-refractivity contribution is -0.137. The van der Waals surface area contributed by atoms with E-state index in [0.29, 0.717) is 5.69 Å². The van der Waals surface area contributed by atoms with Gasteiger partial charge in [0.2, 0.25) is 0 Å². The van der Waals surface area contributed by atoms with Crippen LogP contribution in [0.3, 0.4) is 0 Å². The van der Waals surface area contributed by atoms with Crippen LogP contribution in [0.2, 0.25) is 0 Å². The molecule has 2 N–H and O–H groups in total. The van der Waals surface area contributed by atoms with Gasteiger partial charge in [-0.3, -0.25) is 4.79 Å². The molecular weight excluding hydrogens is 197 g/mol. The van der Waals surface area contributed by atoms with E-state index in [9.17, 15) is 9.18 Å². The quantitative estimate of drug-likeness (QED) is 0.804. The number of carboxylic acids is 1. The van der Waals surface area contributed by atoms with Gasteiger partial charge in [-0.2, -0.15) is 0 Å². The summed E-state index contributed by atoms with van der Waals surface area (Å²) in [5.41, 5.74) is 1.42. The monoisotopic (exact) mass is 211 g/mol. The number of benzene rings is 1. The van der Waals surface area contributed by atoms with Gasteiger partial charge in [0.1, 0.15) is 5.82 Å². The second-order valence-electron chi connectivity index (χ2n) is 3.66. The molecule has 0 aliphatic rings. The van der Waals surface area contributed by atoms with Crippen LogP contribution in [0.1, 0.15) is 18.9 Å². The van der Waals surface area contributed by atoms with Crippen LogP contribution >= 0.6 is 0 Å². The smallest absolute Gasteiger partial charge is 0.305 e. The predicted octanol–water partition coefficient (Wildman–Crippen LogP) is 2.41. The van der Waals surface area contributed by atoms with Crippen LogP contribution in [0.4, 0.5) is 10.1 Å². The number of carbonyl (C=O) groups is 1. The van der Waals surface area contributed by atoms with E-state index >= 15 is 0 Å². The Morgan fingerprint density at radius 2 is 2.20 bits per heavy atom. The molecule has 0 fully saturated rings. The Hall–Kier alpha value is -1.58. The highest BCUT2D eigenvalue weighted by Crippen LogP contribution is 2.14. The predicted molar refractivity (Wildman–Crippen MR) is 56.5 cm³/mol. The first kappa shape index (κ1) is 11.5. The number of hydrogen-bond acceptors (Lipinski definition) is 2. The number of carboxylic acid groups (broad SMARTS) is 1. The van der Waals surface area contributed by atoms with Crippen LogP contribution in [0.5, 0.6) is 0 Å². The fourth-order valence-electron chi connectivity index (χ4n) is 1.42. The van der Waals surface area contributed by atoms with Crippen molar-refractivity contribution in [2.75, 3.05) is 5.32 Å². The van der Waals surface area contributed by atoms with Crippen LogP contribution in [0.25, 0.3) is 0 Å². The first-order valence-electron chi connectivity index (χ1n) is 4.73. The Kier molecular flexibility index (Phi) is 3.66. The Morgan fingerprint density at radius 3 is 2.73 bits per heavy atom. The molecule has 15 heavy (non-hydrogen) atoms. The third-order valence-electron chi connectivity index (χ3n) is 1.94. The molecule has 1 unspecified atom stereocenters. The van der Waals surface area contributed by atoms with E-state index in [1.807, 2.05) is 0 Å². The fraction of sp³-hybridized carbons (Fsp3) is 0.364. The first-order chi connectivity index (χ1) is 6.97. The molecule has 0 heterocycles. The van der Waals surface area contributed by atoms with Gasteiger partial charge >= 0.3 is 5.97 Å². The minimum atomic E-state index is -0.872. The summed E-state index contributed by atoms with van der Waals surface area (Å²) in [6.45, 7) is 3.53. The fourth-order valence-corrected chi connectivity index (χ4v) is 1.42. The molecule has 1 aromatic carbocycles. The summed E-state index contributed by atoms with van der Waals surface area (Å²) < 4.78 is 13.0. The number of aliphatic carboxylic acids is 1. The van der Waals surface area contributed by atoms with Gasteiger partial charge in [-0.25, -0.2) is 4.39 Å². The van der Waals surface area contributed by atoms with Gasteiger partial charge in [0.05, 0.1) is 6.42 Å². The van der Waals surface area contributed by atoms with Gasteiger partial charge in [-0.15, -0.1) is 0 Å². The van der Waals surface area contributed by atoms with Crippen molar-refractivity contribution in [1.82, 2.24) is 0 Å². The van der Waals surface area contributed by atoms with Gasteiger partial charge < -0.3 is 10.4 Å². The zero-order chi connectivity index (χ0) is 11.4. The summed E-state index contributed by atoms with van der Waals surface area (Å²) in [5.74, 6) is -1.19. The summed E-state index contributed by atoms with van der Waals surface area (Å²) >= 11 is 0. The lowest BCUT2D eigenvalue weighted by Gasteiger charge is -2.13. The molecule has 4 heteroatoms. The molecule has 82 valence electrons. The maximum Gasteiger partial charge on any atom is 0.305 e. The lowest BCUT2D eigenvalue weighted by Crippen LogP contribution is -2.19. The number of halogens is 1. The number of anilines is 1. The van der Waals surface area contributed by atoms with Crippen LogP contribution in [0, 0.1) is 12.7 Å². The maximum atomic E-state index is 13.0. The lowest BCUT2D eigenvalue weighted by atomic mass is 10.2. The maximum absolute atomic E-state index is 13.0. The Morgan fingerprint density at radius 1 is 1.53 bits per heavy atom. The molecule has 0 bridgehead atoms. The van der Waals surface area contributed by atoms with Crippen molar-refractivity contribution in [2.45, 2.75) is 26.3 Å². The third-order valence-corrected chi connectivity index (χ3v) is 1.94. The molecule has 0 saturated carbocycles. The van der Waals surface area contributed by atoms with Crippen LogP contribution < -0.4 is 5.32 Å². The number of hydrogen-bond donors (Lipinski definition) is 2. The minimum absolute atomic E-state index is 0.00949. The van der Waals surface area contributed by atoms with Crippen molar-refractivity contribution in [2.24, 2.45) is 0 Å². The molecule has 0 radical (unpaired) electrons. The van der Waals surface area contributed by atoms with Gasteiger partial charge in [-0.1, -0.05) is 0 Å². The summed E-state index contributed by atoms with van der Waals surface area (Å²) in [5, 5.41) is 11.5. The van der Waals surface area contributed by atoms with Crippen molar-refractivity contribution in [1.29, 1.82) is 0 Å².